The van der Waals surface area contributed by atoms with Crippen molar-refractivity contribution in [3.05, 3.63) is 23.3 Å². The Morgan fingerprint density at radius 1 is 1.27 bits per heavy atom. The fourth-order valence-corrected chi connectivity index (χ4v) is 3.94. The highest BCUT2D eigenvalue weighted by Crippen LogP contribution is 2.50. The Labute approximate surface area is 150 Å². The second-order valence-electron chi connectivity index (χ2n) is 8.00. The highest BCUT2D eigenvalue weighted by Gasteiger charge is 2.47. The lowest BCUT2D eigenvalue weighted by Crippen LogP contribution is -2.48. The van der Waals surface area contributed by atoms with Crippen molar-refractivity contribution < 1.29 is 22.7 Å². The van der Waals surface area contributed by atoms with E-state index in [9.17, 15) is 18.0 Å². The number of anilines is 2. The monoisotopic (exact) mass is 371 g/mol. The fraction of sp³-hybridized carbons (Fsp3) is 0.611. The first kappa shape index (κ1) is 18.7. The van der Waals surface area contributed by atoms with Crippen molar-refractivity contribution >= 4 is 17.5 Å². The van der Waals surface area contributed by atoms with Gasteiger partial charge < -0.3 is 20.3 Å². The molecule has 3 rings (SSSR count). The lowest BCUT2D eigenvalue weighted by atomic mass is 9.88. The van der Waals surface area contributed by atoms with Crippen molar-refractivity contribution in [3.63, 3.8) is 0 Å². The number of benzene rings is 1. The molecule has 1 aromatic rings. The van der Waals surface area contributed by atoms with Gasteiger partial charge in [0, 0.05) is 37.8 Å². The molecule has 2 N–H and O–H groups in total. The van der Waals surface area contributed by atoms with Crippen LogP contribution in [0.5, 0.6) is 0 Å². The number of nitrogen functional groups attached to an aromatic ring is 1. The molecule has 5 nitrogen and oxygen atoms in total. The number of carbonyl (C=O) groups is 1. The molecular weight excluding hydrogens is 347 g/mol. The molecule has 0 aromatic heterocycles. The second-order valence-corrected chi connectivity index (χ2v) is 8.00. The average Bonchev–Trinajstić information content (AvgIpc) is 2.76. The lowest BCUT2D eigenvalue weighted by molar-refractivity contribution is -0.137. The van der Waals surface area contributed by atoms with E-state index in [0.717, 1.165) is 6.07 Å². The predicted octanol–water partition coefficient (Wildman–Crippen LogP) is 3.83. The van der Waals surface area contributed by atoms with E-state index in [2.05, 4.69) is 0 Å². The molecule has 0 unspecified atom stereocenters. The van der Waals surface area contributed by atoms with E-state index >= 15 is 0 Å². The van der Waals surface area contributed by atoms with E-state index in [1.807, 2.05) is 0 Å². The van der Waals surface area contributed by atoms with Gasteiger partial charge in [0.1, 0.15) is 5.60 Å². The van der Waals surface area contributed by atoms with Gasteiger partial charge in [0.25, 0.3) is 0 Å². The van der Waals surface area contributed by atoms with E-state index in [4.69, 9.17) is 10.5 Å². The molecular formula is C18H24F3N3O2. The topological polar surface area (TPSA) is 58.8 Å². The Hall–Kier alpha value is -2.12. The molecule has 144 valence electrons. The van der Waals surface area contributed by atoms with Gasteiger partial charge in [-0.25, -0.2) is 4.79 Å². The summed E-state index contributed by atoms with van der Waals surface area (Å²) >= 11 is 0. The number of nitrogens with zero attached hydrogens (tertiary/aromatic N) is 2. The number of hydrogen-bond acceptors (Lipinski definition) is 4. The summed E-state index contributed by atoms with van der Waals surface area (Å²) in [5.74, 6) is -0.221. The molecule has 0 bridgehead atoms. The van der Waals surface area contributed by atoms with Crippen LogP contribution in [0.1, 0.15) is 44.2 Å². The van der Waals surface area contributed by atoms with Crippen molar-refractivity contribution in [2.45, 2.75) is 50.9 Å². The highest BCUT2D eigenvalue weighted by atomic mass is 19.4. The molecule has 2 heterocycles. The van der Waals surface area contributed by atoms with Crippen LogP contribution in [0.4, 0.5) is 29.3 Å². The first-order valence-corrected chi connectivity index (χ1v) is 8.60. The van der Waals surface area contributed by atoms with Crippen LogP contribution >= 0.6 is 0 Å². The van der Waals surface area contributed by atoms with Crippen molar-refractivity contribution in [1.82, 2.24) is 4.90 Å². The number of nitrogens with two attached hydrogens (primary N) is 1. The van der Waals surface area contributed by atoms with Crippen molar-refractivity contribution in [2.75, 3.05) is 30.8 Å². The summed E-state index contributed by atoms with van der Waals surface area (Å²) in [4.78, 5) is 15.6. The maximum Gasteiger partial charge on any atom is 0.418 e. The van der Waals surface area contributed by atoms with E-state index in [1.165, 1.54) is 0 Å². The third kappa shape index (κ3) is 3.29. The van der Waals surface area contributed by atoms with Crippen LogP contribution in [0, 0.1) is 0 Å². The van der Waals surface area contributed by atoms with Gasteiger partial charge in [-0.3, -0.25) is 0 Å². The summed E-state index contributed by atoms with van der Waals surface area (Å²) in [6, 6.07) is 2.49. The number of ether oxygens (including phenoxy) is 1. The Kier molecular flexibility index (Phi) is 4.28. The van der Waals surface area contributed by atoms with Crippen LogP contribution in [0.2, 0.25) is 0 Å². The standard InChI is InChI=1S/C18H24F3N3O2/c1-17(2,3)26-16(25)24-6-5-14-12(9-24)11-7-10(22)8-13(18(19,20)21)15(11)23(14)4/h7-8,12,14H,5-6,9,22H2,1-4H3/t12-,14-/m1/s1. The van der Waals surface area contributed by atoms with Gasteiger partial charge in [0.05, 0.1) is 11.3 Å². The van der Waals surface area contributed by atoms with E-state index in [-0.39, 0.29) is 23.3 Å². The van der Waals surface area contributed by atoms with Crippen LogP contribution in [-0.4, -0.2) is 42.8 Å². The molecule has 0 saturated carbocycles. The molecule has 1 fully saturated rings. The van der Waals surface area contributed by atoms with E-state index in [0.29, 0.717) is 25.1 Å². The number of amides is 1. The number of likely N-dealkylation sites (N-methyl/N-ethyl adjacent to an activating group) is 1. The molecule has 8 heteroatoms. The molecule has 1 aromatic carbocycles. The second kappa shape index (κ2) is 5.96. The zero-order chi connectivity index (χ0) is 19.4. The quantitative estimate of drug-likeness (QED) is 0.704. The number of fused-ring (bicyclic) bond motifs is 3. The van der Waals surface area contributed by atoms with Gasteiger partial charge in [-0.2, -0.15) is 13.2 Å². The van der Waals surface area contributed by atoms with Gasteiger partial charge in [-0.05, 0) is 44.9 Å². The summed E-state index contributed by atoms with van der Waals surface area (Å²) < 4.78 is 45.9. The van der Waals surface area contributed by atoms with Crippen LogP contribution in [0.3, 0.4) is 0 Å². The fourth-order valence-electron chi connectivity index (χ4n) is 3.94. The number of hydrogen-bond donors (Lipinski definition) is 1. The van der Waals surface area contributed by atoms with E-state index in [1.54, 1.807) is 43.7 Å². The van der Waals surface area contributed by atoms with Gasteiger partial charge in [-0.15, -0.1) is 0 Å². The maximum atomic E-state index is 13.5. The lowest BCUT2D eigenvalue weighted by Gasteiger charge is -2.38. The predicted molar refractivity (Wildman–Crippen MR) is 93.2 cm³/mol. The molecule has 0 radical (unpaired) electrons. The highest BCUT2D eigenvalue weighted by molar-refractivity contribution is 5.73. The van der Waals surface area contributed by atoms with E-state index < -0.39 is 23.4 Å². The smallest absolute Gasteiger partial charge is 0.418 e. The zero-order valence-electron chi connectivity index (χ0n) is 15.4. The number of alkyl halides is 3. The normalized spacial score (nSPS) is 22.9. The SMILES string of the molecule is CN1c2c(cc(N)cc2C(F)(F)F)[C@H]2CN(C(=O)OC(C)(C)C)CC[C@H]21. The third-order valence-corrected chi connectivity index (χ3v) is 4.94. The average molecular weight is 371 g/mol. The maximum absolute atomic E-state index is 13.5. The van der Waals surface area contributed by atoms with Gasteiger partial charge in [0.15, 0.2) is 0 Å². The number of halogens is 3. The van der Waals surface area contributed by atoms with Crippen molar-refractivity contribution in [1.29, 1.82) is 0 Å². The number of likely N-dealkylation sites (tertiary alicyclic amines) is 1. The van der Waals surface area contributed by atoms with Crippen LogP contribution < -0.4 is 10.6 Å². The summed E-state index contributed by atoms with van der Waals surface area (Å²) in [7, 11) is 1.68. The van der Waals surface area contributed by atoms with Crippen LogP contribution in [-0.2, 0) is 10.9 Å². The largest absolute Gasteiger partial charge is 0.444 e. The molecule has 2 aliphatic rings. The number of rotatable bonds is 0. The number of carbonyl (C=O) groups excluding carboxylic acids is 1. The van der Waals surface area contributed by atoms with Crippen LogP contribution in [0.25, 0.3) is 0 Å². The Morgan fingerprint density at radius 2 is 1.92 bits per heavy atom. The molecule has 2 aliphatic heterocycles. The summed E-state index contributed by atoms with van der Waals surface area (Å²) in [5.41, 5.74) is 5.23. The first-order valence-electron chi connectivity index (χ1n) is 8.60. The first-order chi connectivity index (χ1) is 11.9. The Morgan fingerprint density at radius 3 is 2.50 bits per heavy atom. The minimum atomic E-state index is -4.48. The van der Waals surface area contributed by atoms with Gasteiger partial charge in [0.2, 0.25) is 0 Å². The van der Waals surface area contributed by atoms with Gasteiger partial charge in [-0.1, -0.05) is 0 Å². The molecule has 2 atom stereocenters. The molecule has 0 spiro atoms. The minimum absolute atomic E-state index is 0.0829. The summed E-state index contributed by atoms with van der Waals surface area (Å²) in [6.07, 6.45) is -4.34. The third-order valence-electron chi connectivity index (χ3n) is 4.94. The summed E-state index contributed by atoms with van der Waals surface area (Å²) in [5, 5.41) is 0. The van der Waals surface area contributed by atoms with Crippen LogP contribution in [0.15, 0.2) is 12.1 Å². The Bertz CT molecular complexity index is 728. The molecule has 26 heavy (non-hydrogen) atoms. The molecule has 0 aliphatic carbocycles. The number of piperidine rings is 1. The zero-order valence-corrected chi connectivity index (χ0v) is 15.4. The van der Waals surface area contributed by atoms with Crippen molar-refractivity contribution in [3.8, 4) is 0 Å². The van der Waals surface area contributed by atoms with Crippen molar-refractivity contribution in [2.24, 2.45) is 0 Å². The Balaban J connectivity index is 1.94. The summed E-state index contributed by atoms with van der Waals surface area (Å²) in [6.45, 7) is 6.12. The molecule has 1 saturated heterocycles. The van der Waals surface area contributed by atoms with Gasteiger partial charge >= 0.3 is 12.3 Å². The minimum Gasteiger partial charge on any atom is -0.444 e. The molecule has 1 amide bonds.